The van der Waals surface area contributed by atoms with Crippen molar-refractivity contribution in [1.29, 1.82) is 0 Å². The highest BCUT2D eigenvalue weighted by atomic mass is 16.5. The highest BCUT2D eigenvalue weighted by Gasteiger charge is 2.38. The third-order valence-corrected chi connectivity index (χ3v) is 6.38. The Balaban J connectivity index is 1.99. The van der Waals surface area contributed by atoms with E-state index in [0.29, 0.717) is 56.5 Å². The van der Waals surface area contributed by atoms with E-state index in [1.165, 1.54) is 5.56 Å². The van der Waals surface area contributed by atoms with E-state index in [0.717, 1.165) is 5.56 Å². The number of carbonyl (C=O) groups excluding carboxylic acids is 3. The molecule has 0 aliphatic carbocycles. The predicted octanol–water partition coefficient (Wildman–Crippen LogP) is 2.88. The zero-order chi connectivity index (χ0) is 24.1. The SMILES string of the molecule is CCOC(=O)C1=C(CN2CCN(C(C)=O)CC2)N(CC)C(=O)N[C@@H]1c1ccc(C(C)C)cc1. The number of urea groups is 1. The molecule has 0 radical (unpaired) electrons. The average Bonchev–Trinajstić information content (AvgIpc) is 2.79. The van der Waals surface area contributed by atoms with E-state index in [4.69, 9.17) is 4.74 Å². The average molecular weight is 457 g/mol. The number of nitrogens with one attached hydrogen (secondary N) is 1. The summed E-state index contributed by atoms with van der Waals surface area (Å²) in [6, 6.07) is 7.24. The molecule has 0 saturated carbocycles. The molecule has 1 aromatic carbocycles. The molecule has 1 atom stereocenters. The molecule has 2 aliphatic heterocycles. The summed E-state index contributed by atoms with van der Waals surface area (Å²) in [6.07, 6.45) is 0. The Hall–Kier alpha value is -2.87. The lowest BCUT2D eigenvalue weighted by atomic mass is 9.92. The first-order valence-corrected chi connectivity index (χ1v) is 11.8. The second kappa shape index (κ2) is 10.8. The van der Waals surface area contributed by atoms with Gasteiger partial charge in [0, 0.05) is 51.9 Å². The van der Waals surface area contributed by atoms with Gasteiger partial charge in [0.2, 0.25) is 5.91 Å². The van der Waals surface area contributed by atoms with Gasteiger partial charge in [0.1, 0.15) is 0 Å². The number of rotatable bonds is 7. The Kier molecular flexibility index (Phi) is 8.13. The molecule has 0 spiro atoms. The van der Waals surface area contributed by atoms with Crippen LogP contribution in [0.25, 0.3) is 0 Å². The smallest absolute Gasteiger partial charge is 0.338 e. The fraction of sp³-hybridized carbons (Fsp3) is 0.560. The van der Waals surface area contributed by atoms with Crippen molar-refractivity contribution in [2.45, 2.75) is 46.6 Å². The Morgan fingerprint density at radius 3 is 2.24 bits per heavy atom. The van der Waals surface area contributed by atoms with Gasteiger partial charge in [0.15, 0.2) is 0 Å². The fourth-order valence-electron chi connectivity index (χ4n) is 4.41. The van der Waals surface area contributed by atoms with E-state index in [9.17, 15) is 14.4 Å². The molecular weight excluding hydrogens is 420 g/mol. The molecule has 0 bridgehead atoms. The Morgan fingerprint density at radius 1 is 1.09 bits per heavy atom. The van der Waals surface area contributed by atoms with Crippen LogP contribution in [0.15, 0.2) is 35.5 Å². The molecule has 1 saturated heterocycles. The number of nitrogens with zero attached hydrogens (tertiary/aromatic N) is 3. The van der Waals surface area contributed by atoms with Crippen LogP contribution in [-0.2, 0) is 14.3 Å². The maximum atomic E-state index is 13.2. The Labute approximate surface area is 196 Å². The van der Waals surface area contributed by atoms with Crippen molar-refractivity contribution >= 4 is 17.9 Å². The molecule has 8 nitrogen and oxygen atoms in total. The van der Waals surface area contributed by atoms with Gasteiger partial charge in [-0.1, -0.05) is 38.1 Å². The van der Waals surface area contributed by atoms with Crippen molar-refractivity contribution in [3.8, 4) is 0 Å². The van der Waals surface area contributed by atoms with E-state index in [1.54, 1.807) is 18.7 Å². The van der Waals surface area contributed by atoms with Crippen LogP contribution in [0.2, 0.25) is 0 Å². The molecule has 33 heavy (non-hydrogen) atoms. The molecule has 8 heteroatoms. The third-order valence-electron chi connectivity index (χ3n) is 6.38. The number of amides is 3. The third kappa shape index (κ3) is 5.55. The highest BCUT2D eigenvalue weighted by molar-refractivity contribution is 5.95. The molecule has 1 N–H and O–H groups in total. The van der Waals surface area contributed by atoms with Crippen LogP contribution in [0.4, 0.5) is 4.79 Å². The fourth-order valence-corrected chi connectivity index (χ4v) is 4.41. The van der Waals surface area contributed by atoms with Crippen LogP contribution in [-0.4, -0.2) is 78.5 Å². The second-order valence-corrected chi connectivity index (χ2v) is 8.81. The summed E-state index contributed by atoms with van der Waals surface area (Å²) in [7, 11) is 0. The molecule has 1 fully saturated rings. The normalized spacial score (nSPS) is 19.7. The van der Waals surface area contributed by atoms with Gasteiger partial charge in [-0.05, 0) is 30.9 Å². The molecule has 1 aromatic rings. The molecule has 180 valence electrons. The first kappa shape index (κ1) is 24.8. The largest absolute Gasteiger partial charge is 0.463 e. The second-order valence-electron chi connectivity index (χ2n) is 8.81. The van der Waals surface area contributed by atoms with E-state index < -0.39 is 12.0 Å². The van der Waals surface area contributed by atoms with E-state index >= 15 is 0 Å². The predicted molar refractivity (Wildman–Crippen MR) is 127 cm³/mol. The number of benzene rings is 1. The molecule has 3 amide bonds. The van der Waals surface area contributed by atoms with Crippen molar-refractivity contribution in [2.75, 3.05) is 45.9 Å². The Bertz CT molecular complexity index is 901. The number of likely N-dealkylation sites (N-methyl/N-ethyl adjacent to an activating group) is 1. The lowest BCUT2D eigenvalue weighted by molar-refractivity contribution is -0.139. The maximum absolute atomic E-state index is 13.2. The number of ether oxygens (including phenoxy) is 1. The summed E-state index contributed by atoms with van der Waals surface area (Å²) in [6.45, 7) is 13.3. The van der Waals surface area contributed by atoms with Crippen molar-refractivity contribution in [2.24, 2.45) is 0 Å². The maximum Gasteiger partial charge on any atom is 0.338 e. The highest BCUT2D eigenvalue weighted by Crippen LogP contribution is 2.33. The molecule has 2 heterocycles. The Morgan fingerprint density at radius 2 is 1.73 bits per heavy atom. The van der Waals surface area contributed by atoms with Crippen molar-refractivity contribution in [3.05, 3.63) is 46.7 Å². The number of hydrogen-bond donors (Lipinski definition) is 1. The summed E-state index contributed by atoms with van der Waals surface area (Å²) in [5.74, 6) is 0.0457. The number of piperazine rings is 1. The van der Waals surface area contributed by atoms with Crippen LogP contribution < -0.4 is 5.32 Å². The van der Waals surface area contributed by atoms with Crippen LogP contribution in [0.5, 0.6) is 0 Å². The van der Waals surface area contributed by atoms with Crippen LogP contribution >= 0.6 is 0 Å². The van der Waals surface area contributed by atoms with Gasteiger partial charge in [-0.25, -0.2) is 9.59 Å². The van der Waals surface area contributed by atoms with E-state index in [2.05, 4.69) is 24.1 Å². The number of esters is 1. The lowest BCUT2D eigenvalue weighted by Gasteiger charge is -2.40. The molecule has 2 aliphatic rings. The topological polar surface area (TPSA) is 82.2 Å². The van der Waals surface area contributed by atoms with Gasteiger partial charge < -0.3 is 15.0 Å². The first-order chi connectivity index (χ1) is 15.8. The zero-order valence-corrected chi connectivity index (χ0v) is 20.4. The first-order valence-electron chi connectivity index (χ1n) is 11.8. The van der Waals surface area contributed by atoms with E-state index in [1.807, 2.05) is 36.1 Å². The van der Waals surface area contributed by atoms with Crippen molar-refractivity contribution in [1.82, 2.24) is 20.0 Å². The minimum absolute atomic E-state index is 0.0678. The van der Waals surface area contributed by atoms with E-state index in [-0.39, 0.29) is 18.5 Å². The molecule has 3 rings (SSSR count). The minimum atomic E-state index is -0.575. The van der Waals surface area contributed by atoms with Crippen molar-refractivity contribution in [3.63, 3.8) is 0 Å². The van der Waals surface area contributed by atoms with Gasteiger partial charge in [0.05, 0.1) is 18.2 Å². The zero-order valence-electron chi connectivity index (χ0n) is 20.4. The van der Waals surface area contributed by atoms with Gasteiger partial charge in [0.25, 0.3) is 0 Å². The molecule has 0 unspecified atom stereocenters. The molecular formula is C25H36N4O4. The van der Waals surface area contributed by atoms with Gasteiger partial charge in [-0.15, -0.1) is 0 Å². The van der Waals surface area contributed by atoms with Gasteiger partial charge in [-0.2, -0.15) is 0 Å². The van der Waals surface area contributed by atoms with Crippen LogP contribution in [0, 0.1) is 0 Å². The number of hydrogen-bond acceptors (Lipinski definition) is 5. The quantitative estimate of drug-likeness (QED) is 0.638. The van der Waals surface area contributed by atoms with Crippen LogP contribution in [0.1, 0.15) is 57.7 Å². The van der Waals surface area contributed by atoms with Gasteiger partial charge >= 0.3 is 12.0 Å². The summed E-state index contributed by atoms with van der Waals surface area (Å²) < 4.78 is 5.44. The van der Waals surface area contributed by atoms with Gasteiger partial charge in [-0.3, -0.25) is 14.6 Å². The lowest BCUT2D eigenvalue weighted by Crippen LogP contribution is -2.53. The number of carbonyl (C=O) groups is 3. The molecule has 0 aromatic heterocycles. The summed E-state index contributed by atoms with van der Waals surface area (Å²) in [5, 5.41) is 3.02. The summed E-state index contributed by atoms with van der Waals surface area (Å²) >= 11 is 0. The monoisotopic (exact) mass is 456 g/mol. The standard InChI is InChI=1S/C25H36N4O4/c1-6-29-21(16-27-12-14-28(15-13-27)18(5)30)22(24(31)33-7-2)23(26-25(29)32)20-10-8-19(9-11-20)17(3)4/h8-11,17,23H,6-7,12-16H2,1-5H3,(H,26,32)/t23-/m1/s1. The summed E-state index contributed by atoms with van der Waals surface area (Å²) in [5.41, 5.74) is 3.20. The van der Waals surface area contributed by atoms with Crippen molar-refractivity contribution < 1.29 is 19.1 Å². The van der Waals surface area contributed by atoms with Crippen LogP contribution in [0.3, 0.4) is 0 Å². The minimum Gasteiger partial charge on any atom is -0.463 e. The summed E-state index contributed by atoms with van der Waals surface area (Å²) in [4.78, 5) is 43.6.